The number of aryl methyl sites for hydroxylation is 1. The molecule has 0 aliphatic rings. The number of rotatable bonds is 1. The van der Waals surface area contributed by atoms with E-state index in [9.17, 15) is 0 Å². The molecule has 2 rings (SSSR count). The molecule has 0 atom stereocenters. The molecule has 0 spiro atoms. The predicted octanol–water partition coefficient (Wildman–Crippen LogP) is 3.55. The van der Waals surface area contributed by atoms with E-state index in [0.717, 1.165) is 11.3 Å². The minimum atomic E-state index is 0.899. The van der Waals surface area contributed by atoms with Crippen LogP contribution < -0.4 is 5.73 Å². The van der Waals surface area contributed by atoms with Crippen LogP contribution in [-0.2, 0) is 0 Å². The fourth-order valence-corrected chi connectivity index (χ4v) is 1.79. The minimum Gasteiger partial charge on any atom is -0.398 e. The average molecular weight is 197 g/mol. The van der Waals surface area contributed by atoms with Crippen molar-refractivity contribution in [3.8, 4) is 11.1 Å². The fraction of sp³-hybridized carbons (Fsp3) is 0.143. The first kappa shape index (κ1) is 9.78. The van der Waals surface area contributed by atoms with E-state index in [1.807, 2.05) is 25.1 Å². The molecule has 0 heterocycles. The van der Waals surface area contributed by atoms with Crippen LogP contribution in [0.2, 0.25) is 0 Å². The summed E-state index contributed by atoms with van der Waals surface area (Å²) in [6, 6.07) is 14.5. The van der Waals surface area contributed by atoms with Gasteiger partial charge in [-0.2, -0.15) is 0 Å². The van der Waals surface area contributed by atoms with Crippen LogP contribution in [0.25, 0.3) is 11.1 Å². The third-order valence-corrected chi connectivity index (χ3v) is 2.82. The number of benzene rings is 2. The van der Waals surface area contributed by atoms with Crippen LogP contribution in [0.1, 0.15) is 11.1 Å². The maximum atomic E-state index is 6.02. The zero-order valence-electron chi connectivity index (χ0n) is 9.12. The molecule has 2 aromatic rings. The van der Waals surface area contributed by atoms with Gasteiger partial charge in [0.1, 0.15) is 0 Å². The van der Waals surface area contributed by atoms with Gasteiger partial charge in [-0.3, -0.25) is 0 Å². The highest BCUT2D eigenvalue weighted by Gasteiger charge is 2.05. The molecule has 2 aromatic carbocycles. The molecule has 0 unspecified atom stereocenters. The molecule has 0 aromatic heterocycles. The molecule has 0 aliphatic heterocycles. The normalized spacial score (nSPS) is 10.3. The lowest BCUT2D eigenvalue weighted by Gasteiger charge is -2.10. The van der Waals surface area contributed by atoms with E-state index in [-0.39, 0.29) is 0 Å². The van der Waals surface area contributed by atoms with Gasteiger partial charge in [-0.1, -0.05) is 42.5 Å². The van der Waals surface area contributed by atoms with Gasteiger partial charge in [-0.15, -0.1) is 0 Å². The van der Waals surface area contributed by atoms with Gasteiger partial charge in [0.25, 0.3) is 0 Å². The van der Waals surface area contributed by atoms with Crippen molar-refractivity contribution in [3.63, 3.8) is 0 Å². The van der Waals surface area contributed by atoms with E-state index in [0.29, 0.717) is 0 Å². The molecule has 0 saturated heterocycles. The maximum absolute atomic E-state index is 6.02. The summed E-state index contributed by atoms with van der Waals surface area (Å²) in [5.74, 6) is 0. The summed E-state index contributed by atoms with van der Waals surface area (Å²) in [7, 11) is 0. The van der Waals surface area contributed by atoms with Crippen LogP contribution in [0.5, 0.6) is 0 Å². The summed E-state index contributed by atoms with van der Waals surface area (Å²) >= 11 is 0. The maximum Gasteiger partial charge on any atom is 0.0379 e. The summed E-state index contributed by atoms with van der Waals surface area (Å²) in [6.07, 6.45) is 0. The van der Waals surface area contributed by atoms with Gasteiger partial charge in [-0.05, 0) is 36.1 Å². The summed E-state index contributed by atoms with van der Waals surface area (Å²) in [4.78, 5) is 0. The van der Waals surface area contributed by atoms with Crippen LogP contribution in [0.3, 0.4) is 0 Å². The van der Waals surface area contributed by atoms with Crippen molar-refractivity contribution in [2.75, 3.05) is 5.73 Å². The zero-order valence-corrected chi connectivity index (χ0v) is 9.12. The Kier molecular flexibility index (Phi) is 2.46. The Bertz CT molecular complexity index is 472. The lowest BCUT2D eigenvalue weighted by Crippen LogP contribution is -1.95. The second-order valence-corrected chi connectivity index (χ2v) is 3.83. The highest BCUT2D eigenvalue weighted by atomic mass is 14.6. The van der Waals surface area contributed by atoms with Crippen molar-refractivity contribution >= 4 is 5.69 Å². The Labute approximate surface area is 90.6 Å². The van der Waals surface area contributed by atoms with E-state index < -0.39 is 0 Å². The van der Waals surface area contributed by atoms with Crippen molar-refractivity contribution in [1.82, 2.24) is 0 Å². The van der Waals surface area contributed by atoms with E-state index in [4.69, 9.17) is 5.73 Å². The lowest BCUT2D eigenvalue weighted by atomic mass is 9.97. The summed E-state index contributed by atoms with van der Waals surface area (Å²) < 4.78 is 0. The fourth-order valence-electron chi connectivity index (χ4n) is 1.79. The number of hydrogen-bond donors (Lipinski definition) is 1. The number of hydrogen-bond acceptors (Lipinski definition) is 1. The smallest absolute Gasteiger partial charge is 0.0379 e. The third-order valence-electron chi connectivity index (χ3n) is 2.82. The molecule has 0 bridgehead atoms. The molecule has 0 fully saturated rings. The van der Waals surface area contributed by atoms with Crippen LogP contribution in [0.4, 0.5) is 5.69 Å². The molecule has 0 aliphatic carbocycles. The van der Waals surface area contributed by atoms with Gasteiger partial charge >= 0.3 is 0 Å². The molecule has 0 radical (unpaired) electrons. The molecule has 1 nitrogen and oxygen atoms in total. The van der Waals surface area contributed by atoms with Crippen molar-refractivity contribution in [3.05, 3.63) is 53.6 Å². The van der Waals surface area contributed by atoms with E-state index >= 15 is 0 Å². The molecule has 15 heavy (non-hydrogen) atoms. The van der Waals surface area contributed by atoms with E-state index in [2.05, 4.69) is 31.2 Å². The first-order valence-electron chi connectivity index (χ1n) is 5.11. The number of nitrogen functional groups attached to an aromatic ring is 1. The van der Waals surface area contributed by atoms with Crippen LogP contribution in [0, 0.1) is 13.8 Å². The van der Waals surface area contributed by atoms with Crippen molar-refractivity contribution < 1.29 is 0 Å². The predicted molar refractivity (Wildman–Crippen MR) is 65.8 cm³/mol. The Balaban J connectivity index is 2.60. The Morgan fingerprint density at radius 3 is 2.20 bits per heavy atom. The van der Waals surface area contributed by atoms with Gasteiger partial charge in [0.05, 0.1) is 0 Å². The Hall–Kier alpha value is -1.76. The second kappa shape index (κ2) is 3.77. The topological polar surface area (TPSA) is 26.0 Å². The van der Waals surface area contributed by atoms with Crippen molar-refractivity contribution in [2.45, 2.75) is 13.8 Å². The lowest BCUT2D eigenvalue weighted by molar-refractivity contribution is 1.38. The Morgan fingerprint density at radius 2 is 1.53 bits per heavy atom. The highest BCUT2D eigenvalue weighted by Crippen LogP contribution is 2.28. The van der Waals surface area contributed by atoms with Gasteiger partial charge in [0, 0.05) is 5.69 Å². The van der Waals surface area contributed by atoms with Crippen LogP contribution >= 0.6 is 0 Å². The average Bonchev–Trinajstić information content (AvgIpc) is 2.27. The Morgan fingerprint density at radius 1 is 0.867 bits per heavy atom. The monoisotopic (exact) mass is 197 g/mol. The molecule has 0 saturated carbocycles. The molecular formula is C14H15N. The number of nitrogens with two attached hydrogens (primary N) is 1. The van der Waals surface area contributed by atoms with Gasteiger partial charge in [0.2, 0.25) is 0 Å². The molecule has 2 N–H and O–H groups in total. The SMILES string of the molecule is Cc1ccc(-c2ccccc2)c(C)c1N. The molecule has 0 amide bonds. The second-order valence-electron chi connectivity index (χ2n) is 3.83. The highest BCUT2D eigenvalue weighted by molar-refractivity contribution is 5.74. The van der Waals surface area contributed by atoms with Gasteiger partial charge in [-0.25, -0.2) is 0 Å². The summed E-state index contributed by atoms with van der Waals surface area (Å²) in [6.45, 7) is 4.11. The largest absolute Gasteiger partial charge is 0.398 e. The number of anilines is 1. The minimum absolute atomic E-state index is 0.899. The quantitative estimate of drug-likeness (QED) is 0.695. The molecule has 1 heteroatoms. The summed E-state index contributed by atoms with van der Waals surface area (Å²) in [5, 5.41) is 0. The standard InChI is InChI=1S/C14H15N/c1-10-8-9-13(11(2)14(10)15)12-6-4-3-5-7-12/h3-9H,15H2,1-2H3. The van der Waals surface area contributed by atoms with Crippen molar-refractivity contribution in [1.29, 1.82) is 0 Å². The van der Waals surface area contributed by atoms with Gasteiger partial charge in [0.15, 0.2) is 0 Å². The summed E-state index contributed by atoms with van der Waals surface area (Å²) in [5.41, 5.74) is 11.7. The van der Waals surface area contributed by atoms with Gasteiger partial charge < -0.3 is 5.73 Å². The van der Waals surface area contributed by atoms with E-state index in [1.165, 1.54) is 16.7 Å². The zero-order chi connectivity index (χ0) is 10.8. The van der Waals surface area contributed by atoms with Crippen LogP contribution in [0.15, 0.2) is 42.5 Å². The molecular weight excluding hydrogens is 182 g/mol. The van der Waals surface area contributed by atoms with Crippen molar-refractivity contribution in [2.24, 2.45) is 0 Å². The third kappa shape index (κ3) is 1.73. The first-order chi connectivity index (χ1) is 7.20. The van der Waals surface area contributed by atoms with Crippen LogP contribution in [-0.4, -0.2) is 0 Å². The van der Waals surface area contributed by atoms with E-state index in [1.54, 1.807) is 0 Å². The molecule has 76 valence electrons. The first-order valence-corrected chi connectivity index (χ1v) is 5.11.